The third-order valence-corrected chi connectivity index (χ3v) is 7.89. The van der Waals surface area contributed by atoms with E-state index < -0.39 is 54.2 Å². The second kappa shape index (κ2) is 13.3. The molecule has 4 rings (SSSR count). The summed E-state index contributed by atoms with van der Waals surface area (Å²) in [5, 5.41) is 12.3. The zero-order valence-corrected chi connectivity index (χ0v) is 25.5. The molecule has 1 aromatic heterocycles. The molecule has 14 nitrogen and oxygen atoms in total. The number of likely N-dealkylation sites (N-methyl/N-ethyl adjacent to an activating group) is 1. The van der Waals surface area contributed by atoms with E-state index in [1.807, 2.05) is 0 Å². The molecule has 4 N–H and O–H groups in total. The largest absolute Gasteiger partial charge is 0.489 e. The van der Waals surface area contributed by atoms with Crippen molar-refractivity contribution in [2.24, 2.45) is 11.7 Å². The quantitative estimate of drug-likeness (QED) is 0.311. The molecule has 2 aliphatic rings. The van der Waals surface area contributed by atoms with Crippen LogP contribution in [0.3, 0.4) is 0 Å². The SMILES string of the molecule is COC(=O)N[C@@H]1C[C@@H](C(=O)N(C)C(C)(C)C(=O)O)N(C(=O)c2nc(-c3ccc(OC(F)F)c(OCC4CC4)c3)oc2[C@H](C)N)C1. The first-order chi connectivity index (χ1) is 21.1. The van der Waals surface area contributed by atoms with E-state index in [1.165, 1.54) is 51.1 Å². The molecule has 2 heterocycles. The van der Waals surface area contributed by atoms with Gasteiger partial charge in [-0.3, -0.25) is 9.59 Å². The maximum absolute atomic E-state index is 14.1. The Morgan fingerprint density at radius 1 is 1.24 bits per heavy atom. The number of oxazole rings is 1. The minimum atomic E-state index is -3.08. The number of nitrogens with zero attached hydrogens (tertiary/aromatic N) is 3. The van der Waals surface area contributed by atoms with Gasteiger partial charge in [0.15, 0.2) is 23.0 Å². The molecule has 0 radical (unpaired) electrons. The van der Waals surface area contributed by atoms with Gasteiger partial charge in [0.25, 0.3) is 5.91 Å². The summed E-state index contributed by atoms with van der Waals surface area (Å²) in [5.74, 6) is -2.60. The fourth-order valence-electron chi connectivity index (χ4n) is 4.76. The first-order valence-corrected chi connectivity index (χ1v) is 14.3. The van der Waals surface area contributed by atoms with Crippen LogP contribution < -0.4 is 20.5 Å². The van der Waals surface area contributed by atoms with E-state index in [4.69, 9.17) is 14.9 Å². The molecule has 1 aliphatic carbocycles. The number of carbonyl (C=O) groups is 4. The topological polar surface area (TPSA) is 187 Å². The van der Waals surface area contributed by atoms with E-state index in [9.17, 15) is 33.1 Å². The summed E-state index contributed by atoms with van der Waals surface area (Å²) in [6.07, 6.45) is 1.12. The molecule has 45 heavy (non-hydrogen) atoms. The number of benzene rings is 1. The molecule has 1 aliphatic heterocycles. The van der Waals surface area contributed by atoms with Gasteiger partial charge in [0.2, 0.25) is 11.8 Å². The maximum atomic E-state index is 14.1. The van der Waals surface area contributed by atoms with Crippen LogP contribution >= 0.6 is 0 Å². The van der Waals surface area contributed by atoms with Crippen LogP contribution in [-0.2, 0) is 14.3 Å². The van der Waals surface area contributed by atoms with Gasteiger partial charge in [-0.25, -0.2) is 14.6 Å². The number of likely N-dealkylation sites (tertiary alicyclic amines) is 1. The fraction of sp³-hybridized carbons (Fsp3) is 0.552. The van der Waals surface area contributed by atoms with Gasteiger partial charge in [-0.05, 0) is 64.2 Å². The highest BCUT2D eigenvalue weighted by Crippen LogP contribution is 2.37. The number of aromatic nitrogens is 1. The monoisotopic (exact) mass is 637 g/mol. The summed E-state index contributed by atoms with van der Waals surface area (Å²) >= 11 is 0. The number of nitrogens with two attached hydrogens (primary N) is 1. The fourth-order valence-corrected chi connectivity index (χ4v) is 4.76. The van der Waals surface area contributed by atoms with Crippen molar-refractivity contribution in [1.29, 1.82) is 0 Å². The molecule has 1 saturated heterocycles. The average Bonchev–Trinajstić information content (AvgIpc) is 3.55. The number of carbonyl (C=O) groups excluding carboxylic acids is 3. The highest BCUT2D eigenvalue weighted by atomic mass is 19.3. The van der Waals surface area contributed by atoms with Crippen molar-refractivity contribution in [2.75, 3.05) is 27.3 Å². The lowest BCUT2D eigenvalue weighted by Crippen LogP contribution is -2.56. The lowest BCUT2D eigenvalue weighted by molar-refractivity contribution is -0.156. The molecule has 246 valence electrons. The number of amides is 3. The second-order valence-electron chi connectivity index (χ2n) is 11.6. The van der Waals surface area contributed by atoms with E-state index in [-0.39, 0.29) is 47.4 Å². The summed E-state index contributed by atoms with van der Waals surface area (Å²) < 4.78 is 47.0. The number of halogens is 2. The van der Waals surface area contributed by atoms with Gasteiger partial charge < -0.3 is 44.6 Å². The van der Waals surface area contributed by atoms with Crippen LogP contribution in [0.1, 0.15) is 62.3 Å². The number of alkyl carbamates (subject to hydrolysis) is 1. The summed E-state index contributed by atoms with van der Waals surface area (Å²) in [6, 6.07) is 1.36. The predicted octanol–water partition coefficient (Wildman–Crippen LogP) is 3.01. The Kier molecular flexibility index (Phi) is 9.85. The van der Waals surface area contributed by atoms with Gasteiger partial charge in [0.1, 0.15) is 11.6 Å². The van der Waals surface area contributed by atoms with Gasteiger partial charge in [-0.15, -0.1) is 0 Å². The number of ether oxygens (including phenoxy) is 3. The number of rotatable bonds is 12. The van der Waals surface area contributed by atoms with Crippen molar-refractivity contribution in [3.63, 3.8) is 0 Å². The van der Waals surface area contributed by atoms with Crippen LogP contribution in [0.15, 0.2) is 22.6 Å². The zero-order valence-electron chi connectivity index (χ0n) is 25.5. The summed E-state index contributed by atoms with van der Waals surface area (Å²) in [4.78, 5) is 58.1. The number of alkyl halides is 2. The van der Waals surface area contributed by atoms with E-state index in [0.29, 0.717) is 12.5 Å². The normalized spacial score (nSPS) is 18.8. The lowest BCUT2D eigenvalue weighted by Gasteiger charge is -2.35. The zero-order chi connectivity index (χ0) is 33.2. The molecule has 0 bridgehead atoms. The van der Waals surface area contributed by atoms with E-state index in [2.05, 4.69) is 19.8 Å². The molecule has 16 heteroatoms. The molecule has 1 saturated carbocycles. The number of methoxy groups -OCH3 is 1. The van der Waals surface area contributed by atoms with Crippen LogP contribution in [0.5, 0.6) is 11.5 Å². The number of carboxylic acids is 1. The molecule has 0 unspecified atom stereocenters. The highest BCUT2D eigenvalue weighted by molar-refractivity contribution is 5.99. The predicted molar refractivity (Wildman–Crippen MR) is 153 cm³/mol. The summed E-state index contributed by atoms with van der Waals surface area (Å²) in [6.45, 7) is 1.34. The van der Waals surface area contributed by atoms with E-state index >= 15 is 0 Å². The number of hydrogen-bond acceptors (Lipinski definition) is 10. The lowest BCUT2D eigenvalue weighted by atomic mass is 10.0. The summed E-state index contributed by atoms with van der Waals surface area (Å²) in [7, 11) is 2.48. The van der Waals surface area contributed by atoms with Crippen molar-refractivity contribution in [3.05, 3.63) is 29.7 Å². The number of carboxylic acid groups (broad SMARTS) is 1. The van der Waals surface area contributed by atoms with Crippen molar-refractivity contribution in [1.82, 2.24) is 20.1 Å². The first kappa shape index (κ1) is 33.4. The Hall–Kier alpha value is -4.47. The number of nitrogens with one attached hydrogen (secondary N) is 1. The summed E-state index contributed by atoms with van der Waals surface area (Å²) in [5.41, 5.74) is 4.59. The first-order valence-electron chi connectivity index (χ1n) is 14.3. The van der Waals surface area contributed by atoms with Crippen molar-refractivity contribution < 1.29 is 51.7 Å². The second-order valence-corrected chi connectivity index (χ2v) is 11.6. The van der Waals surface area contributed by atoms with Crippen LogP contribution in [-0.4, -0.2) is 95.3 Å². The van der Waals surface area contributed by atoms with Crippen molar-refractivity contribution in [2.45, 2.75) is 70.3 Å². The van der Waals surface area contributed by atoms with Crippen LogP contribution in [0.25, 0.3) is 11.5 Å². The van der Waals surface area contributed by atoms with Gasteiger partial charge >= 0.3 is 18.7 Å². The standard InChI is InChI=1S/C29H37F2N5O9/c1-14(32)22-21(34-23(45-22)16-8-9-19(44-27(30)31)20(10-16)43-13-15-6-7-15)25(38)36-12-17(33-28(41)42-5)11-18(36)24(37)35(4)29(2,3)26(39)40/h8-10,14-15,17-18,27H,6-7,11-13,32H2,1-5H3,(H,33,41)(H,39,40)/t14-,17+,18-/m0/s1. The molecule has 3 atom stereocenters. The maximum Gasteiger partial charge on any atom is 0.407 e. The Morgan fingerprint density at radius 2 is 1.93 bits per heavy atom. The molecular formula is C29H37F2N5O9. The minimum absolute atomic E-state index is 0.0156. The van der Waals surface area contributed by atoms with Crippen LogP contribution in [0, 0.1) is 5.92 Å². The van der Waals surface area contributed by atoms with Crippen molar-refractivity contribution >= 4 is 23.9 Å². The van der Waals surface area contributed by atoms with Crippen molar-refractivity contribution in [3.8, 4) is 23.0 Å². The van der Waals surface area contributed by atoms with Crippen LogP contribution in [0.2, 0.25) is 0 Å². The molecule has 2 fully saturated rings. The third kappa shape index (κ3) is 7.44. The van der Waals surface area contributed by atoms with E-state index in [0.717, 1.165) is 17.7 Å². The molecule has 0 spiro atoms. The van der Waals surface area contributed by atoms with Gasteiger partial charge in [0.05, 0.1) is 25.8 Å². The van der Waals surface area contributed by atoms with Gasteiger partial charge in [0, 0.05) is 19.2 Å². The Balaban J connectivity index is 1.69. The average molecular weight is 638 g/mol. The van der Waals surface area contributed by atoms with Gasteiger partial charge in [-0.2, -0.15) is 8.78 Å². The van der Waals surface area contributed by atoms with E-state index in [1.54, 1.807) is 6.92 Å². The highest BCUT2D eigenvalue weighted by Gasteiger charge is 2.47. The van der Waals surface area contributed by atoms with Crippen LogP contribution in [0.4, 0.5) is 13.6 Å². The molecule has 3 amide bonds. The number of aliphatic carboxylic acids is 1. The Morgan fingerprint density at radius 3 is 2.51 bits per heavy atom. The molecule has 2 aromatic rings. The minimum Gasteiger partial charge on any atom is -0.489 e. The third-order valence-electron chi connectivity index (χ3n) is 7.89. The molecular weight excluding hydrogens is 600 g/mol. The van der Waals surface area contributed by atoms with Gasteiger partial charge in [-0.1, -0.05) is 0 Å². The Labute approximate surface area is 257 Å². The number of hydrogen-bond donors (Lipinski definition) is 3. The Bertz CT molecular complexity index is 1440. The smallest absolute Gasteiger partial charge is 0.407 e. The molecule has 1 aromatic carbocycles.